The number of halogens is 1. The molecule has 3 nitrogen and oxygen atoms in total. The van der Waals surface area contributed by atoms with Gasteiger partial charge in [-0.15, -0.1) is 6.92 Å². The summed E-state index contributed by atoms with van der Waals surface area (Å²) in [4.78, 5) is 22.6. The fraction of sp³-hybridized carbons (Fsp3) is 0.250. The van der Waals surface area contributed by atoms with E-state index < -0.39 is 17.6 Å². The standard InChI is InChI=1S/C8H6FNO2.W/c1-3-6(9)5-4-7(11)10(2)8(5)12;/h1-2H3;/q-2;+2. The van der Waals surface area contributed by atoms with Crippen molar-refractivity contribution < 1.29 is 35.0 Å². The van der Waals surface area contributed by atoms with E-state index in [-0.39, 0.29) is 26.6 Å². The van der Waals surface area contributed by atoms with Crippen molar-refractivity contribution in [2.75, 3.05) is 7.05 Å². The van der Waals surface area contributed by atoms with Gasteiger partial charge in [0.25, 0.3) is 0 Å². The van der Waals surface area contributed by atoms with Crippen LogP contribution in [0.5, 0.6) is 0 Å². The van der Waals surface area contributed by atoms with Crippen LogP contribution in [0.3, 0.4) is 0 Å². The second kappa shape index (κ2) is 4.47. The molecule has 0 fully saturated rings. The van der Waals surface area contributed by atoms with E-state index in [1.807, 2.05) is 0 Å². The van der Waals surface area contributed by atoms with E-state index in [0.717, 1.165) is 4.90 Å². The molecule has 1 aliphatic rings. The summed E-state index contributed by atoms with van der Waals surface area (Å²) in [7, 11) is 1.27. The Labute approximate surface area is 89.5 Å². The van der Waals surface area contributed by atoms with Crippen LogP contribution in [0.2, 0.25) is 0 Å². The summed E-state index contributed by atoms with van der Waals surface area (Å²) in [5, 5.41) is 0. The van der Waals surface area contributed by atoms with Crippen LogP contribution < -0.4 is 0 Å². The fourth-order valence-corrected chi connectivity index (χ4v) is 0.778. The molecule has 0 aromatic heterocycles. The number of carbonyl (C=O) groups excluding carboxylic acids is 2. The monoisotopic (exact) mass is 351 g/mol. The molecule has 0 saturated heterocycles. The van der Waals surface area contributed by atoms with Gasteiger partial charge in [0.2, 0.25) is 0 Å². The molecule has 0 spiro atoms. The van der Waals surface area contributed by atoms with Crippen LogP contribution in [-0.2, 0) is 30.7 Å². The molecule has 0 bridgehead atoms. The molecule has 0 saturated carbocycles. The normalized spacial score (nSPS) is 17.3. The number of nitrogens with zero attached hydrogens (tertiary/aromatic N) is 1. The summed E-state index contributed by atoms with van der Waals surface area (Å²) in [5.41, 5.74) is -0.343. The van der Waals surface area contributed by atoms with Crippen molar-refractivity contribution in [3.8, 4) is 0 Å². The molecule has 0 aromatic rings. The second-order valence-electron chi connectivity index (χ2n) is 2.23. The predicted octanol–water partition coefficient (Wildman–Crippen LogP) is 0.389. The topological polar surface area (TPSA) is 37.4 Å². The number of imide groups is 1. The summed E-state index contributed by atoms with van der Waals surface area (Å²) in [6.45, 7) is 1.32. The third-order valence-corrected chi connectivity index (χ3v) is 1.49. The number of carbonyl (C=O) groups is 2. The average molecular weight is 351 g/mol. The molecule has 68 valence electrons. The van der Waals surface area contributed by atoms with Crippen LogP contribution in [0.4, 0.5) is 4.39 Å². The third-order valence-electron chi connectivity index (χ3n) is 1.49. The van der Waals surface area contributed by atoms with Gasteiger partial charge >= 0.3 is 21.1 Å². The van der Waals surface area contributed by atoms with E-state index in [4.69, 9.17) is 0 Å². The molecule has 2 amide bonds. The number of hydrogen-bond donors (Lipinski definition) is 0. The second-order valence-corrected chi connectivity index (χ2v) is 2.23. The molecule has 0 atom stereocenters. The Morgan fingerprint density at radius 3 is 2.38 bits per heavy atom. The fourth-order valence-electron chi connectivity index (χ4n) is 0.778. The summed E-state index contributed by atoms with van der Waals surface area (Å²) in [6, 6.07) is 0. The van der Waals surface area contributed by atoms with Gasteiger partial charge in [-0.3, -0.25) is 4.79 Å². The van der Waals surface area contributed by atoms with Gasteiger partial charge in [-0.1, -0.05) is 0 Å². The van der Waals surface area contributed by atoms with E-state index >= 15 is 0 Å². The van der Waals surface area contributed by atoms with Gasteiger partial charge in [0.05, 0.1) is 5.91 Å². The maximum atomic E-state index is 12.7. The molecule has 0 aromatic carbocycles. The molecule has 1 rings (SSSR count). The van der Waals surface area contributed by atoms with Gasteiger partial charge in [-0.25, -0.2) is 5.57 Å². The maximum absolute atomic E-state index is 12.7. The summed E-state index contributed by atoms with van der Waals surface area (Å²) < 4.78 is 12.7. The van der Waals surface area contributed by atoms with Crippen molar-refractivity contribution >= 4 is 11.8 Å². The molecule has 0 N–H and O–H groups in total. The number of hydrogen-bond acceptors (Lipinski definition) is 2. The van der Waals surface area contributed by atoms with Crippen molar-refractivity contribution in [3.63, 3.8) is 0 Å². The summed E-state index contributed by atoms with van der Waals surface area (Å²) in [6.07, 6.45) is 4.21. The van der Waals surface area contributed by atoms with Crippen LogP contribution in [0, 0.1) is 12.2 Å². The van der Waals surface area contributed by atoms with Crippen molar-refractivity contribution in [2.24, 2.45) is 0 Å². The molecule has 0 radical (unpaired) electrons. The first-order chi connectivity index (χ1) is 5.57. The molecule has 1 aliphatic heterocycles. The third kappa shape index (κ3) is 2.13. The SMILES string of the molecule is C[C-]=C(F)C1=[C-]C(=O)N(C)C1=O.[W+2]. The molecule has 0 unspecified atom stereocenters. The Morgan fingerprint density at radius 2 is 2.08 bits per heavy atom. The van der Waals surface area contributed by atoms with E-state index in [9.17, 15) is 14.0 Å². The van der Waals surface area contributed by atoms with Crippen LogP contribution in [0.15, 0.2) is 11.4 Å². The molecule has 1 heterocycles. The summed E-state index contributed by atoms with van der Waals surface area (Å²) in [5.74, 6) is -2.13. The number of rotatable bonds is 1. The van der Waals surface area contributed by atoms with Crippen LogP contribution in [-0.4, -0.2) is 23.8 Å². The van der Waals surface area contributed by atoms with E-state index in [0.29, 0.717) is 0 Å². The predicted molar refractivity (Wildman–Crippen MR) is 38.1 cm³/mol. The minimum atomic E-state index is -0.835. The minimum Gasteiger partial charge on any atom is -0.368 e. The largest absolute Gasteiger partial charge is 2.00 e. The minimum absolute atomic E-state index is 0. The van der Waals surface area contributed by atoms with Crippen LogP contribution in [0.25, 0.3) is 0 Å². The molecular weight excluding hydrogens is 345 g/mol. The first kappa shape index (κ1) is 12.2. The van der Waals surface area contributed by atoms with E-state index in [1.165, 1.54) is 14.0 Å². The van der Waals surface area contributed by atoms with Crippen molar-refractivity contribution in [3.05, 3.63) is 23.6 Å². The smallest absolute Gasteiger partial charge is 0.368 e. The Balaban J connectivity index is 0.00000144. The van der Waals surface area contributed by atoms with Crippen molar-refractivity contribution in [1.29, 1.82) is 0 Å². The number of likely N-dealkylation sites (N-methyl/N-ethyl adjacent to an activating group) is 1. The zero-order valence-electron chi connectivity index (χ0n) is 7.05. The van der Waals surface area contributed by atoms with Crippen molar-refractivity contribution in [2.45, 2.75) is 6.92 Å². The van der Waals surface area contributed by atoms with Gasteiger partial charge in [0, 0.05) is 7.05 Å². The molecule has 0 aliphatic carbocycles. The number of allylic oxidation sites excluding steroid dienone is 1. The van der Waals surface area contributed by atoms with E-state index in [2.05, 4.69) is 12.2 Å². The number of amides is 2. The molecule has 5 heteroatoms. The maximum Gasteiger partial charge on any atom is 2.00 e. The Hall–Kier alpha value is -0.762. The summed E-state index contributed by atoms with van der Waals surface area (Å²) >= 11 is 0. The zero-order chi connectivity index (χ0) is 9.30. The first-order valence-corrected chi connectivity index (χ1v) is 3.24. The van der Waals surface area contributed by atoms with Gasteiger partial charge in [-0.05, 0) is 0 Å². The zero-order valence-corrected chi connectivity index (χ0v) is 9.98. The van der Waals surface area contributed by atoms with Gasteiger partial charge < -0.3 is 20.2 Å². The van der Waals surface area contributed by atoms with Crippen molar-refractivity contribution in [1.82, 2.24) is 4.90 Å². The van der Waals surface area contributed by atoms with Gasteiger partial charge in [0.15, 0.2) is 5.91 Å². The average Bonchev–Trinajstić information content (AvgIpc) is 2.32. The first-order valence-electron chi connectivity index (χ1n) is 3.24. The molecule has 13 heavy (non-hydrogen) atoms. The Bertz CT molecular complexity index is 309. The van der Waals surface area contributed by atoms with E-state index in [1.54, 1.807) is 0 Å². The van der Waals surface area contributed by atoms with Crippen LogP contribution >= 0.6 is 0 Å². The molecular formula is C8H6FNO2W. The van der Waals surface area contributed by atoms with Gasteiger partial charge in [0.1, 0.15) is 0 Å². The Morgan fingerprint density at radius 1 is 1.54 bits per heavy atom. The van der Waals surface area contributed by atoms with Crippen LogP contribution in [0.1, 0.15) is 6.92 Å². The van der Waals surface area contributed by atoms with Gasteiger partial charge in [-0.2, -0.15) is 11.9 Å². The quantitative estimate of drug-likeness (QED) is 0.507. The Kier molecular flexibility index (Phi) is 4.21.